The first-order chi connectivity index (χ1) is 10.6. The number of anilines is 2. The number of carbonyl (C=O) groups excluding carboxylic acids is 2. The van der Waals surface area contributed by atoms with Crippen molar-refractivity contribution in [2.45, 2.75) is 13.0 Å². The number of ether oxygens (including phenoxy) is 1. The highest BCUT2D eigenvalue weighted by molar-refractivity contribution is 6.06. The maximum Gasteiger partial charge on any atom is 0.267 e. The number of likely N-dealkylation sites (N-methyl/N-ethyl adjacent to an activating group) is 1. The molecule has 2 aromatic rings. The van der Waals surface area contributed by atoms with Crippen molar-refractivity contribution in [1.29, 1.82) is 0 Å². The number of nitrogens with one attached hydrogen (secondary N) is 1. The average Bonchev–Trinajstić information content (AvgIpc) is 2.53. The van der Waals surface area contributed by atoms with Crippen LogP contribution >= 0.6 is 0 Å². The quantitative estimate of drug-likeness (QED) is 0.927. The normalized spacial score (nSPS) is 16.7. The van der Waals surface area contributed by atoms with Crippen LogP contribution in [0.1, 0.15) is 17.3 Å². The summed E-state index contributed by atoms with van der Waals surface area (Å²) in [6.45, 7) is 1.71. The van der Waals surface area contributed by atoms with Gasteiger partial charge in [-0.3, -0.25) is 9.59 Å². The summed E-state index contributed by atoms with van der Waals surface area (Å²) >= 11 is 0. The average molecular weight is 296 g/mol. The van der Waals surface area contributed by atoms with E-state index in [-0.39, 0.29) is 11.8 Å². The monoisotopic (exact) mass is 296 g/mol. The van der Waals surface area contributed by atoms with E-state index < -0.39 is 6.10 Å². The summed E-state index contributed by atoms with van der Waals surface area (Å²) in [5.41, 5.74) is 1.80. The zero-order chi connectivity index (χ0) is 15.7. The van der Waals surface area contributed by atoms with Crippen LogP contribution in [0.4, 0.5) is 11.4 Å². The molecule has 1 aliphatic heterocycles. The third-order valence-corrected chi connectivity index (χ3v) is 3.60. The lowest BCUT2D eigenvalue weighted by molar-refractivity contribution is -0.125. The number of benzene rings is 2. The Balaban J connectivity index is 1.87. The van der Waals surface area contributed by atoms with Crippen molar-refractivity contribution in [1.82, 2.24) is 0 Å². The third-order valence-electron chi connectivity index (χ3n) is 3.60. The SMILES string of the molecule is CC1Oc2ccc(C(=O)Nc3ccccc3)cc2N(C)C1=O. The van der Waals surface area contributed by atoms with Crippen molar-refractivity contribution >= 4 is 23.2 Å². The highest BCUT2D eigenvalue weighted by Crippen LogP contribution is 2.34. The van der Waals surface area contributed by atoms with E-state index in [0.717, 1.165) is 5.69 Å². The molecule has 0 radical (unpaired) electrons. The molecule has 2 amide bonds. The van der Waals surface area contributed by atoms with Gasteiger partial charge in [0, 0.05) is 18.3 Å². The molecule has 2 aromatic carbocycles. The van der Waals surface area contributed by atoms with E-state index >= 15 is 0 Å². The molecule has 0 spiro atoms. The molecule has 0 saturated heterocycles. The first kappa shape index (κ1) is 14.1. The smallest absolute Gasteiger partial charge is 0.267 e. The molecule has 0 fully saturated rings. The molecule has 0 saturated carbocycles. The molecule has 0 aromatic heterocycles. The van der Waals surface area contributed by atoms with Gasteiger partial charge in [0.25, 0.3) is 11.8 Å². The van der Waals surface area contributed by atoms with Gasteiger partial charge in [-0.25, -0.2) is 0 Å². The molecule has 0 bridgehead atoms. The van der Waals surface area contributed by atoms with Crippen LogP contribution in [0.15, 0.2) is 48.5 Å². The van der Waals surface area contributed by atoms with Crippen molar-refractivity contribution in [3.8, 4) is 5.75 Å². The van der Waals surface area contributed by atoms with Gasteiger partial charge in [0.05, 0.1) is 5.69 Å². The fourth-order valence-electron chi connectivity index (χ4n) is 2.38. The van der Waals surface area contributed by atoms with Crippen LogP contribution in [0.5, 0.6) is 5.75 Å². The van der Waals surface area contributed by atoms with Gasteiger partial charge in [-0.15, -0.1) is 0 Å². The number of hydrogen-bond donors (Lipinski definition) is 1. The van der Waals surface area contributed by atoms with Crippen molar-refractivity contribution in [2.75, 3.05) is 17.3 Å². The summed E-state index contributed by atoms with van der Waals surface area (Å²) in [5.74, 6) is 0.243. The largest absolute Gasteiger partial charge is 0.479 e. The number of fused-ring (bicyclic) bond motifs is 1. The molecule has 5 nitrogen and oxygen atoms in total. The minimum absolute atomic E-state index is 0.131. The zero-order valence-electron chi connectivity index (χ0n) is 12.4. The first-order valence-corrected chi connectivity index (χ1v) is 7.01. The predicted octanol–water partition coefficient (Wildman–Crippen LogP) is 2.68. The molecule has 1 atom stereocenters. The van der Waals surface area contributed by atoms with Gasteiger partial charge >= 0.3 is 0 Å². The molecule has 1 aliphatic rings. The Hall–Kier alpha value is -2.82. The van der Waals surface area contributed by atoms with Crippen LogP contribution in [0, 0.1) is 0 Å². The van der Waals surface area contributed by atoms with Gasteiger partial charge in [0.15, 0.2) is 6.10 Å². The molecule has 0 aliphatic carbocycles. The lowest BCUT2D eigenvalue weighted by atomic mass is 10.1. The second-order valence-corrected chi connectivity index (χ2v) is 5.16. The van der Waals surface area contributed by atoms with E-state index in [1.54, 1.807) is 32.2 Å². The molecule has 1 heterocycles. The summed E-state index contributed by atoms with van der Waals surface area (Å²) in [7, 11) is 1.68. The Bertz CT molecular complexity index is 728. The Kier molecular flexibility index (Phi) is 3.55. The minimum atomic E-state index is -0.513. The maximum absolute atomic E-state index is 12.3. The Morgan fingerprint density at radius 3 is 2.64 bits per heavy atom. The molecule has 1 unspecified atom stereocenters. The molecular formula is C17H16N2O3. The molecule has 112 valence electrons. The number of hydrogen-bond acceptors (Lipinski definition) is 3. The fraction of sp³-hybridized carbons (Fsp3) is 0.176. The summed E-state index contributed by atoms with van der Waals surface area (Å²) in [6, 6.07) is 14.3. The summed E-state index contributed by atoms with van der Waals surface area (Å²) < 4.78 is 5.54. The van der Waals surface area contributed by atoms with Crippen LogP contribution in [0.25, 0.3) is 0 Å². The van der Waals surface area contributed by atoms with Crippen molar-refractivity contribution < 1.29 is 14.3 Å². The van der Waals surface area contributed by atoms with Crippen molar-refractivity contribution in [3.05, 3.63) is 54.1 Å². The number of amides is 2. The number of rotatable bonds is 2. The van der Waals surface area contributed by atoms with Crippen molar-refractivity contribution in [2.24, 2.45) is 0 Å². The van der Waals surface area contributed by atoms with Gasteiger partial charge < -0.3 is 15.0 Å². The van der Waals surface area contributed by atoms with E-state index in [4.69, 9.17) is 4.74 Å². The van der Waals surface area contributed by atoms with E-state index in [1.165, 1.54) is 4.90 Å². The highest BCUT2D eigenvalue weighted by Gasteiger charge is 2.29. The van der Waals surface area contributed by atoms with Crippen LogP contribution in [0.2, 0.25) is 0 Å². The molecule has 1 N–H and O–H groups in total. The van der Waals surface area contributed by atoms with Crippen LogP contribution in [-0.4, -0.2) is 25.0 Å². The fourth-order valence-corrected chi connectivity index (χ4v) is 2.38. The standard InChI is InChI=1S/C17H16N2O3/c1-11-17(21)19(2)14-10-12(8-9-15(14)22-11)16(20)18-13-6-4-3-5-7-13/h3-11H,1-2H3,(H,18,20). The number of nitrogens with zero attached hydrogens (tertiary/aromatic N) is 1. The van der Waals surface area contributed by atoms with Gasteiger partial charge in [0.1, 0.15) is 5.75 Å². The van der Waals surface area contributed by atoms with E-state index in [9.17, 15) is 9.59 Å². The Morgan fingerprint density at radius 2 is 1.91 bits per heavy atom. The lowest BCUT2D eigenvalue weighted by Crippen LogP contribution is -2.42. The van der Waals surface area contributed by atoms with E-state index in [0.29, 0.717) is 17.0 Å². The van der Waals surface area contributed by atoms with E-state index in [2.05, 4.69) is 5.32 Å². The van der Waals surface area contributed by atoms with Gasteiger partial charge in [-0.2, -0.15) is 0 Å². The predicted molar refractivity (Wildman–Crippen MR) is 84.3 cm³/mol. The van der Waals surface area contributed by atoms with E-state index in [1.807, 2.05) is 30.3 Å². The van der Waals surface area contributed by atoms with Crippen molar-refractivity contribution in [3.63, 3.8) is 0 Å². The molecule has 5 heteroatoms. The second kappa shape index (κ2) is 5.52. The number of carbonyl (C=O) groups is 2. The first-order valence-electron chi connectivity index (χ1n) is 7.01. The Morgan fingerprint density at radius 1 is 1.18 bits per heavy atom. The maximum atomic E-state index is 12.3. The van der Waals surface area contributed by atoms with Gasteiger partial charge in [0.2, 0.25) is 0 Å². The number of para-hydroxylation sites is 1. The van der Waals surface area contributed by atoms with Crippen LogP contribution in [-0.2, 0) is 4.79 Å². The molecule has 22 heavy (non-hydrogen) atoms. The summed E-state index contributed by atoms with van der Waals surface area (Å²) in [6.07, 6.45) is -0.513. The Labute approximate surface area is 128 Å². The zero-order valence-corrected chi connectivity index (χ0v) is 12.4. The van der Waals surface area contributed by atoms with Crippen LogP contribution < -0.4 is 15.0 Å². The lowest BCUT2D eigenvalue weighted by Gasteiger charge is -2.30. The molecule has 3 rings (SSSR count). The van der Waals surface area contributed by atoms with Gasteiger partial charge in [-0.05, 0) is 37.3 Å². The second-order valence-electron chi connectivity index (χ2n) is 5.16. The summed E-state index contributed by atoms with van der Waals surface area (Å²) in [5, 5.41) is 2.82. The van der Waals surface area contributed by atoms with Crippen LogP contribution in [0.3, 0.4) is 0 Å². The summed E-state index contributed by atoms with van der Waals surface area (Å²) in [4.78, 5) is 25.8. The highest BCUT2D eigenvalue weighted by atomic mass is 16.5. The third kappa shape index (κ3) is 2.53. The molecular weight excluding hydrogens is 280 g/mol. The van der Waals surface area contributed by atoms with Gasteiger partial charge in [-0.1, -0.05) is 18.2 Å². The minimum Gasteiger partial charge on any atom is -0.479 e. The topological polar surface area (TPSA) is 58.6 Å².